The van der Waals surface area contributed by atoms with Crippen LogP contribution in [0.1, 0.15) is 18.2 Å². The van der Waals surface area contributed by atoms with E-state index in [1.165, 1.54) is 37.4 Å². The van der Waals surface area contributed by atoms with Gasteiger partial charge in [-0.05, 0) is 19.1 Å². The van der Waals surface area contributed by atoms with Crippen molar-refractivity contribution in [2.75, 3.05) is 6.61 Å². The Balaban J connectivity index is 1.67. The molecule has 2 aliphatic rings. The number of aliphatic hydroxyl groups excluding tert-OH is 1. The molecule has 4 rings (SSSR count). The minimum absolute atomic E-state index is 0.117. The Bertz CT molecular complexity index is 1270. The molecule has 3 atom stereocenters. The van der Waals surface area contributed by atoms with Crippen LogP contribution < -0.4 is 11.2 Å². The summed E-state index contributed by atoms with van der Waals surface area (Å²) in [6, 6.07) is 5.19. The van der Waals surface area contributed by atoms with E-state index in [4.69, 9.17) is 9.47 Å². The van der Waals surface area contributed by atoms with Crippen LogP contribution in [-0.2, 0) is 29.1 Å². The molecule has 0 bridgehead atoms. The highest BCUT2D eigenvalue weighted by Crippen LogP contribution is 2.41. The van der Waals surface area contributed by atoms with Crippen molar-refractivity contribution in [3.63, 3.8) is 0 Å². The summed E-state index contributed by atoms with van der Waals surface area (Å²) in [4.78, 5) is 25.1. The van der Waals surface area contributed by atoms with Crippen LogP contribution >= 0.6 is 0 Å². The number of aromatic amines is 1. The topological polar surface area (TPSA) is 162 Å². The van der Waals surface area contributed by atoms with Gasteiger partial charge in [-0.3, -0.25) is 14.3 Å². The van der Waals surface area contributed by atoms with Crippen LogP contribution in [0, 0.1) is 6.92 Å². The molecule has 1 aromatic carbocycles. The third-order valence-corrected chi connectivity index (χ3v) is 9.89. The Morgan fingerprint density at radius 2 is 1.77 bits per heavy atom. The van der Waals surface area contributed by atoms with Crippen molar-refractivity contribution in [3.8, 4) is 0 Å². The highest BCUT2D eigenvalue weighted by Gasteiger charge is 2.53. The zero-order chi connectivity index (χ0) is 21.8. The minimum Gasteiger partial charge on any atom is -0.394 e. The molecule has 0 spiro atoms. The molecular weight excluding hydrogens is 440 g/mol. The smallest absolute Gasteiger partial charge is 0.330 e. The Morgan fingerprint density at radius 1 is 1.17 bits per heavy atom. The van der Waals surface area contributed by atoms with Gasteiger partial charge in [0.15, 0.2) is 0 Å². The average Bonchev–Trinajstić information content (AvgIpc) is 3.17. The molecule has 0 unspecified atom stereocenters. The van der Waals surface area contributed by atoms with Crippen molar-refractivity contribution >= 4 is 19.7 Å². The molecule has 0 amide bonds. The van der Waals surface area contributed by atoms with Crippen LogP contribution in [0.4, 0.5) is 0 Å². The fourth-order valence-electron chi connectivity index (χ4n) is 3.56. The molecule has 0 radical (unpaired) electrons. The number of sulfone groups is 2. The molecule has 1 saturated heterocycles. The van der Waals surface area contributed by atoms with Crippen LogP contribution in [0.3, 0.4) is 0 Å². The molecule has 2 aliphatic heterocycles. The number of hydrogen-bond donors (Lipinski definition) is 2. The molecule has 1 fully saturated rings. The molecule has 2 N–H and O–H groups in total. The first kappa shape index (κ1) is 20.9. The third kappa shape index (κ3) is 3.13. The van der Waals surface area contributed by atoms with Gasteiger partial charge in [0.1, 0.15) is 12.3 Å². The molecule has 162 valence electrons. The Labute approximate surface area is 170 Å². The van der Waals surface area contributed by atoms with Gasteiger partial charge in [0.25, 0.3) is 10.3 Å². The molecule has 13 heteroatoms. The predicted octanol–water partition coefficient (Wildman–Crippen LogP) is -0.945. The molecule has 2 aromatic rings. The zero-order valence-electron chi connectivity index (χ0n) is 15.6. The highest BCUT2D eigenvalue weighted by atomic mass is 32.3. The molecule has 3 heterocycles. The summed E-state index contributed by atoms with van der Waals surface area (Å²) in [6.07, 6.45) is -2.06. The number of benzene rings is 1. The number of aliphatic hydroxyl groups is 1. The fraction of sp³-hybridized carbons (Fsp3) is 0.412. The van der Waals surface area contributed by atoms with E-state index in [2.05, 4.69) is 4.98 Å². The van der Waals surface area contributed by atoms with Crippen molar-refractivity contribution in [1.29, 1.82) is 0 Å². The van der Waals surface area contributed by atoms with Gasteiger partial charge in [0, 0.05) is 18.2 Å². The van der Waals surface area contributed by atoms with Gasteiger partial charge in [-0.2, -0.15) is 0 Å². The number of rotatable bonds is 4. The molecule has 11 nitrogen and oxygen atoms in total. The van der Waals surface area contributed by atoms with Crippen molar-refractivity contribution in [1.82, 2.24) is 9.55 Å². The minimum atomic E-state index is -4.34. The summed E-state index contributed by atoms with van der Waals surface area (Å²) in [6.45, 7) is 0.883. The van der Waals surface area contributed by atoms with Crippen molar-refractivity contribution in [2.45, 2.75) is 46.3 Å². The summed E-state index contributed by atoms with van der Waals surface area (Å²) in [5.41, 5.74) is -1.09. The summed E-state index contributed by atoms with van der Waals surface area (Å²) in [5, 5.41) is 9.63. The van der Waals surface area contributed by atoms with Crippen LogP contribution in [0.15, 0.2) is 49.8 Å². The number of aryl methyl sites for hydroxylation is 1. The van der Waals surface area contributed by atoms with E-state index in [0.29, 0.717) is 0 Å². The second kappa shape index (κ2) is 7.13. The standard InChI is InChI=1S/C17H18N2O9S2/c1-9-7-19(16(22)18-15(9)21)14-6-10(11(8-20)27-14)28-17-29(23,24)12-4-2-3-5-13(12)30(17,25)26/h2-5,7,10-11,14,17,20H,6,8H2,1H3,(H,18,21,22)/t10-,11+,14+/m0/s1. The number of nitrogens with one attached hydrogen (secondary N) is 1. The van der Waals surface area contributed by atoms with Crippen molar-refractivity contribution in [2.24, 2.45) is 0 Å². The van der Waals surface area contributed by atoms with Crippen molar-refractivity contribution in [3.05, 3.63) is 56.9 Å². The molecule has 0 aliphatic carbocycles. The van der Waals surface area contributed by atoms with E-state index in [-0.39, 0.29) is 21.8 Å². The Morgan fingerprint density at radius 3 is 2.33 bits per heavy atom. The first-order valence-electron chi connectivity index (χ1n) is 8.88. The van der Waals surface area contributed by atoms with Gasteiger partial charge in [-0.25, -0.2) is 21.6 Å². The second-order valence-corrected chi connectivity index (χ2v) is 11.2. The van der Waals surface area contributed by atoms with E-state index in [9.17, 15) is 31.5 Å². The number of hydrogen-bond acceptors (Lipinski definition) is 9. The van der Waals surface area contributed by atoms with Gasteiger partial charge in [0.05, 0.1) is 22.5 Å². The molecule has 30 heavy (non-hydrogen) atoms. The number of nitrogens with zero attached hydrogens (tertiary/aromatic N) is 1. The maximum Gasteiger partial charge on any atom is 0.330 e. The van der Waals surface area contributed by atoms with Crippen molar-refractivity contribution < 1.29 is 31.4 Å². The lowest BCUT2D eigenvalue weighted by Crippen LogP contribution is -2.36. The predicted molar refractivity (Wildman–Crippen MR) is 101 cm³/mol. The van der Waals surface area contributed by atoms with Gasteiger partial charge < -0.3 is 14.6 Å². The lowest BCUT2D eigenvalue weighted by atomic mass is 10.2. The third-order valence-electron chi connectivity index (χ3n) is 5.07. The molecular formula is C17H18N2O9S2. The first-order valence-corrected chi connectivity index (χ1v) is 12.0. The van der Waals surface area contributed by atoms with E-state index in [1.54, 1.807) is 0 Å². The fourth-order valence-corrected chi connectivity index (χ4v) is 8.44. The SMILES string of the molecule is Cc1cn([C@H]2C[C@H](OC3S(=O)(=O)c4ccccc4S3(=O)=O)[C@@H](CO)O2)c(=O)[nH]c1=O. The summed E-state index contributed by atoms with van der Waals surface area (Å²) < 4.78 is 61.0. The van der Waals surface area contributed by atoms with E-state index < -0.39 is 60.7 Å². The van der Waals surface area contributed by atoms with E-state index in [1.807, 2.05) is 0 Å². The maximum absolute atomic E-state index is 12.8. The number of ether oxygens (including phenoxy) is 2. The van der Waals surface area contributed by atoms with Crippen LogP contribution in [0.5, 0.6) is 0 Å². The number of aromatic nitrogens is 2. The Hall–Kier alpha value is -2.32. The van der Waals surface area contributed by atoms with E-state index in [0.717, 1.165) is 4.57 Å². The maximum atomic E-state index is 12.8. The first-order chi connectivity index (χ1) is 14.1. The summed E-state index contributed by atoms with van der Waals surface area (Å²) in [5.74, 6) is 0. The quantitative estimate of drug-likeness (QED) is 0.588. The Kier molecular flexibility index (Phi) is 4.97. The van der Waals surface area contributed by atoms with Gasteiger partial charge >= 0.3 is 5.69 Å². The van der Waals surface area contributed by atoms with Gasteiger partial charge in [0.2, 0.25) is 19.7 Å². The zero-order valence-corrected chi connectivity index (χ0v) is 17.2. The summed E-state index contributed by atoms with van der Waals surface area (Å²) in [7, 11) is -8.68. The van der Waals surface area contributed by atoms with Gasteiger partial charge in [-0.15, -0.1) is 0 Å². The number of H-pyrrole nitrogens is 1. The average molecular weight is 458 g/mol. The van der Waals surface area contributed by atoms with Crippen LogP contribution in [-0.4, -0.2) is 55.1 Å². The van der Waals surface area contributed by atoms with Crippen LogP contribution in [0.2, 0.25) is 0 Å². The molecule has 0 saturated carbocycles. The largest absolute Gasteiger partial charge is 0.394 e. The lowest BCUT2D eigenvalue weighted by Gasteiger charge is -2.20. The van der Waals surface area contributed by atoms with Gasteiger partial charge in [-0.1, -0.05) is 12.1 Å². The monoisotopic (exact) mass is 458 g/mol. The van der Waals surface area contributed by atoms with E-state index >= 15 is 0 Å². The second-order valence-electron chi connectivity index (χ2n) is 7.03. The summed E-state index contributed by atoms with van der Waals surface area (Å²) >= 11 is 0. The highest BCUT2D eigenvalue weighted by molar-refractivity contribution is 8.11. The lowest BCUT2D eigenvalue weighted by molar-refractivity contribution is -0.0596. The normalized spacial score (nSPS) is 27.2. The number of fused-ring (bicyclic) bond motifs is 1. The van der Waals surface area contributed by atoms with Crippen LogP contribution in [0.25, 0.3) is 0 Å². The molecule has 1 aromatic heterocycles.